The Morgan fingerprint density at radius 3 is 2.61 bits per heavy atom. The highest BCUT2D eigenvalue weighted by Crippen LogP contribution is 2.26. The van der Waals surface area contributed by atoms with Crippen LogP contribution in [0.25, 0.3) is 0 Å². The Hall–Kier alpha value is -1.84. The van der Waals surface area contributed by atoms with E-state index in [2.05, 4.69) is 0 Å². The van der Waals surface area contributed by atoms with E-state index < -0.39 is 12.0 Å². The molecule has 1 aliphatic heterocycles. The zero-order valence-corrected chi connectivity index (χ0v) is 10.6. The highest BCUT2D eigenvalue weighted by molar-refractivity contribution is 6.00. The summed E-state index contributed by atoms with van der Waals surface area (Å²) in [6.07, 6.45) is 0.481. The average Bonchev–Trinajstić information content (AvgIpc) is 2.64. The molecule has 1 aromatic rings. The van der Waals surface area contributed by atoms with E-state index in [1.54, 1.807) is 12.1 Å². The van der Waals surface area contributed by atoms with Crippen LogP contribution in [0.2, 0.25) is 0 Å². The molecule has 0 radical (unpaired) electrons. The fourth-order valence-corrected chi connectivity index (χ4v) is 2.34. The second-order valence-corrected chi connectivity index (χ2v) is 5.07. The molecule has 4 nitrogen and oxygen atoms in total. The van der Waals surface area contributed by atoms with Gasteiger partial charge in [0.2, 0.25) is 0 Å². The van der Waals surface area contributed by atoms with Crippen LogP contribution in [0.3, 0.4) is 0 Å². The van der Waals surface area contributed by atoms with Crippen molar-refractivity contribution in [3.63, 3.8) is 0 Å². The van der Waals surface area contributed by atoms with E-state index >= 15 is 0 Å². The molecule has 0 fully saturated rings. The summed E-state index contributed by atoms with van der Waals surface area (Å²) in [5.74, 6) is -0.855. The first-order valence-corrected chi connectivity index (χ1v) is 6.12. The van der Waals surface area contributed by atoms with Crippen LogP contribution >= 0.6 is 0 Å². The number of aliphatic carboxylic acids is 1. The molecule has 2 rings (SSSR count). The molecule has 0 unspecified atom stereocenters. The van der Waals surface area contributed by atoms with E-state index in [0.29, 0.717) is 18.5 Å². The number of hydrogen-bond donors (Lipinski definition) is 1. The van der Waals surface area contributed by atoms with Crippen LogP contribution in [0.1, 0.15) is 36.2 Å². The molecule has 1 heterocycles. The van der Waals surface area contributed by atoms with Gasteiger partial charge in [-0.3, -0.25) is 4.79 Å². The summed E-state index contributed by atoms with van der Waals surface area (Å²) >= 11 is 0. The van der Waals surface area contributed by atoms with Crippen LogP contribution < -0.4 is 0 Å². The van der Waals surface area contributed by atoms with E-state index in [4.69, 9.17) is 0 Å². The molecular formula is C14H17NO3. The highest BCUT2D eigenvalue weighted by Gasteiger charge is 2.36. The van der Waals surface area contributed by atoms with Crippen molar-refractivity contribution >= 4 is 11.9 Å². The van der Waals surface area contributed by atoms with Gasteiger partial charge in [-0.15, -0.1) is 0 Å². The third-order valence-corrected chi connectivity index (χ3v) is 3.21. The fraction of sp³-hybridized carbons (Fsp3) is 0.429. The zero-order valence-electron chi connectivity index (χ0n) is 10.6. The lowest BCUT2D eigenvalue weighted by Crippen LogP contribution is -2.42. The molecule has 1 atom stereocenters. The molecule has 1 aliphatic rings. The Morgan fingerprint density at radius 1 is 1.39 bits per heavy atom. The molecule has 1 N–H and O–H groups in total. The Labute approximate surface area is 106 Å². The summed E-state index contributed by atoms with van der Waals surface area (Å²) in [4.78, 5) is 25.0. The van der Waals surface area contributed by atoms with Gasteiger partial charge in [-0.05, 0) is 24.0 Å². The molecule has 4 heteroatoms. The van der Waals surface area contributed by atoms with Crippen LogP contribution in [0.5, 0.6) is 0 Å². The molecule has 0 bridgehead atoms. The van der Waals surface area contributed by atoms with Crippen molar-refractivity contribution in [2.75, 3.05) is 0 Å². The Balaban J connectivity index is 2.25. The number of carboxylic acids is 1. The van der Waals surface area contributed by atoms with Crippen molar-refractivity contribution in [3.8, 4) is 0 Å². The van der Waals surface area contributed by atoms with Crippen molar-refractivity contribution in [2.24, 2.45) is 5.92 Å². The van der Waals surface area contributed by atoms with Crippen molar-refractivity contribution in [2.45, 2.75) is 32.9 Å². The van der Waals surface area contributed by atoms with Gasteiger partial charge in [0.1, 0.15) is 6.04 Å². The molecule has 0 spiro atoms. The Bertz CT molecular complexity index is 482. The summed E-state index contributed by atoms with van der Waals surface area (Å²) in [5, 5.41) is 9.29. The Morgan fingerprint density at radius 2 is 2.06 bits per heavy atom. The molecule has 18 heavy (non-hydrogen) atoms. The molecule has 0 aromatic heterocycles. The third kappa shape index (κ3) is 2.23. The molecule has 1 amide bonds. The first-order chi connectivity index (χ1) is 8.50. The maximum atomic E-state index is 12.2. The van der Waals surface area contributed by atoms with Crippen LogP contribution in [-0.4, -0.2) is 27.9 Å². The molecule has 0 aliphatic carbocycles. The lowest BCUT2D eigenvalue weighted by molar-refractivity contribution is -0.143. The number of carboxylic acid groups (broad SMARTS) is 1. The molecule has 1 aromatic carbocycles. The summed E-state index contributed by atoms with van der Waals surface area (Å²) in [7, 11) is 0. The van der Waals surface area contributed by atoms with Crippen LogP contribution in [0.4, 0.5) is 0 Å². The summed E-state index contributed by atoms with van der Waals surface area (Å²) in [6, 6.07) is 6.57. The lowest BCUT2D eigenvalue weighted by Gasteiger charge is -2.25. The quantitative estimate of drug-likeness (QED) is 0.886. The van der Waals surface area contributed by atoms with Gasteiger partial charge >= 0.3 is 5.97 Å². The average molecular weight is 247 g/mol. The second kappa shape index (κ2) is 4.80. The topological polar surface area (TPSA) is 57.6 Å². The van der Waals surface area contributed by atoms with E-state index in [0.717, 1.165) is 5.56 Å². The van der Waals surface area contributed by atoms with Crippen LogP contribution in [0.15, 0.2) is 24.3 Å². The smallest absolute Gasteiger partial charge is 0.326 e. The number of fused-ring (bicyclic) bond motifs is 1. The van der Waals surface area contributed by atoms with E-state index in [-0.39, 0.29) is 11.8 Å². The van der Waals surface area contributed by atoms with Crippen molar-refractivity contribution in [1.29, 1.82) is 0 Å². The van der Waals surface area contributed by atoms with Gasteiger partial charge in [0.05, 0.1) is 0 Å². The number of hydrogen-bond acceptors (Lipinski definition) is 2. The van der Waals surface area contributed by atoms with Crippen molar-refractivity contribution < 1.29 is 14.7 Å². The predicted octanol–water partition coefficient (Wildman–Crippen LogP) is 2.14. The number of amides is 1. The standard InChI is InChI=1S/C14H17NO3/c1-9(2)7-12(14(17)18)15-8-10-5-3-4-6-11(10)13(15)16/h3-6,9,12H,7-8H2,1-2H3,(H,17,18)/t12-/m0/s1. The van der Waals surface area contributed by atoms with Gasteiger partial charge in [0, 0.05) is 12.1 Å². The normalized spacial score (nSPS) is 15.9. The van der Waals surface area contributed by atoms with Gasteiger partial charge in [0.25, 0.3) is 5.91 Å². The third-order valence-electron chi connectivity index (χ3n) is 3.21. The first kappa shape index (κ1) is 12.6. The second-order valence-electron chi connectivity index (χ2n) is 5.07. The number of benzene rings is 1. The van der Waals surface area contributed by atoms with Gasteiger partial charge in [-0.2, -0.15) is 0 Å². The minimum absolute atomic E-state index is 0.168. The number of carbonyl (C=O) groups excluding carboxylic acids is 1. The van der Waals surface area contributed by atoms with Crippen molar-refractivity contribution in [1.82, 2.24) is 4.90 Å². The maximum absolute atomic E-state index is 12.2. The number of nitrogens with zero attached hydrogens (tertiary/aromatic N) is 1. The Kier molecular flexibility index (Phi) is 3.36. The van der Waals surface area contributed by atoms with E-state index in [1.807, 2.05) is 26.0 Å². The van der Waals surface area contributed by atoms with Gasteiger partial charge in [0.15, 0.2) is 0 Å². The number of rotatable bonds is 4. The van der Waals surface area contributed by atoms with E-state index in [1.165, 1.54) is 4.90 Å². The first-order valence-electron chi connectivity index (χ1n) is 6.12. The largest absolute Gasteiger partial charge is 0.480 e. The minimum Gasteiger partial charge on any atom is -0.480 e. The van der Waals surface area contributed by atoms with Crippen LogP contribution in [0, 0.1) is 5.92 Å². The lowest BCUT2D eigenvalue weighted by atomic mass is 10.0. The number of carbonyl (C=O) groups is 2. The van der Waals surface area contributed by atoms with Gasteiger partial charge in [-0.1, -0.05) is 32.0 Å². The molecule has 96 valence electrons. The summed E-state index contributed by atoms with van der Waals surface area (Å²) < 4.78 is 0. The van der Waals surface area contributed by atoms with E-state index in [9.17, 15) is 14.7 Å². The van der Waals surface area contributed by atoms with Gasteiger partial charge < -0.3 is 10.0 Å². The fourth-order valence-electron chi connectivity index (χ4n) is 2.34. The summed E-state index contributed by atoms with van der Waals surface area (Å²) in [6.45, 7) is 4.33. The molecular weight excluding hydrogens is 230 g/mol. The molecule has 0 saturated heterocycles. The SMILES string of the molecule is CC(C)C[C@@H](C(=O)O)N1Cc2ccccc2C1=O. The monoisotopic (exact) mass is 247 g/mol. The molecule has 0 saturated carbocycles. The zero-order chi connectivity index (χ0) is 13.3. The highest BCUT2D eigenvalue weighted by atomic mass is 16.4. The maximum Gasteiger partial charge on any atom is 0.326 e. The predicted molar refractivity (Wildman–Crippen MR) is 67.2 cm³/mol. The van der Waals surface area contributed by atoms with Crippen molar-refractivity contribution in [3.05, 3.63) is 35.4 Å². The summed E-state index contributed by atoms with van der Waals surface area (Å²) in [5.41, 5.74) is 1.55. The van der Waals surface area contributed by atoms with Gasteiger partial charge in [-0.25, -0.2) is 4.79 Å². The minimum atomic E-state index is -0.926. The van der Waals surface area contributed by atoms with Crippen LogP contribution in [-0.2, 0) is 11.3 Å².